The second-order valence-corrected chi connectivity index (χ2v) is 7.11. The third kappa shape index (κ3) is 6.48. The van der Waals surface area contributed by atoms with Crippen molar-refractivity contribution in [3.8, 4) is 0 Å². The van der Waals surface area contributed by atoms with E-state index in [1.165, 1.54) is 0 Å². The molecular weight excluding hydrogens is 340 g/mol. The highest BCUT2D eigenvalue weighted by Gasteiger charge is 1.98. The molecule has 0 aliphatic heterocycles. The van der Waals surface area contributed by atoms with Crippen molar-refractivity contribution in [2.75, 3.05) is 11.5 Å². The Balaban J connectivity index is 1.68. The molecule has 0 heterocycles. The van der Waals surface area contributed by atoms with E-state index in [1.807, 2.05) is 36.4 Å². The molecule has 122 valence electrons. The lowest BCUT2D eigenvalue weighted by atomic mass is 10.3. The van der Waals surface area contributed by atoms with Gasteiger partial charge in [0.25, 0.3) is 0 Å². The summed E-state index contributed by atoms with van der Waals surface area (Å²) in [5.74, 6) is 2.05. The number of rotatable bonds is 9. The molecule has 0 aliphatic rings. The smallest absolute Gasteiger partial charge is 0.0386 e. The minimum Gasteiger partial charge on any atom is -0.126 e. The Morgan fingerprint density at radius 3 is 1.62 bits per heavy atom. The molecule has 0 saturated carbocycles. The van der Waals surface area contributed by atoms with Crippen LogP contribution in [0.25, 0.3) is 20.9 Å². The van der Waals surface area contributed by atoms with Crippen LogP contribution >= 0.6 is 23.5 Å². The topological polar surface area (TPSA) is 97.5 Å². The maximum absolute atomic E-state index is 8.45. The van der Waals surface area contributed by atoms with Crippen LogP contribution in [0.3, 0.4) is 0 Å². The molecule has 2 aromatic carbocycles. The van der Waals surface area contributed by atoms with Gasteiger partial charge in [0.2, 0.25) is 0 Å². The summed E-state index contributed by atoms with van der Waals surface area (Å²) in [4.78, 5) is 7.84. The SMILES string of the molecule is [N-]=[N+]=Nc1cccc(SCCCCSc2cccc(N=[N+]=[N-])c2)c1. The highest BCUT2D eigenvalue weighted by atomic mass is 32.2. The molecule has 0 bridgehead atoms. The summed E-state index contributed by atoms with van der Waals surface area (Å²) in [6.45, 7) is 0. The summed E-state index contributed by atoms with van der Waals surface area (Å²) in [6.07, 6.45) is 2.22. The van der Waals surface area contributed by atoms with E-state index in [1.54, 1.807) is 35.7 Å². The van der Waals surface area contributed by atoms with Crippen molar-refractivity contribution >= 4 is 34.9 Å². The van der Waals surface area contributed by atoms with Crippen molar-refractivity contribution in [3.63, 3.8) is 0 Å². The predicted molar refractivity (Wildman–Crippen MR) is 101 cm³/mol. The van der Waals surface area contributed by atoms with Gasteiger partial charge in [-0.2, -0.15) is 0 Å². The fraction of sp³-hybridized carbons (Fsp3) is 0.250. The van der Waals surface area contributed by atoms with Crippen LogP contribution in [0, 0.1) is 0 Å². The number of nitrogens with zero attached hydrogens (tertiary/aromatic N) is 6. The van der Waals surface area contributed by atoms with Gasteiger partial charge in [-0.3, -0.25) is 0 Å². The molecule has 0 fully saturated rings. The maximum Gasteiger partial charge on any atom is 0.0386 e. The second kappa shape index (κ2) is 10.5. The van der Waals surface area contributed by atoms with Crippen molar-refractivity contribution in [2.24, 2.45) is 10.2 Å². The lowest BCUT2D eigenvalue weighted by Crippen LogP contribution is -1.84. The van der Waals surface area contributed by atoms with Gasteiger partial charge < -0.3 is 0 Å². The Hall–Kier alpha value is -2.24. The van der Waals surface area contributed by atoms with E-state index in [0.717, 1.165) is 34.1 Å². The molecule has 8 heteroatoms. The van der Waals surface area contributed by atoms with Crippen LogP contribution in [0.5, 0.6) is 0 Å². The summed E-state index contributed by atoms with van der Waals surface area (Å²) < 4.78 is 0. The van der Waals surface area contributed by atoms with Crippen molar-refractivity contribution in [2.45, 2.75) is 22.6 Å². The van der Waals surface area contributed by atoms with Gasteiger partial charge in [0.15, 0.2) is 0 Å². The van der Waals surface area contributed by atoms with Crippen LogP contribution in [-0.4, -0.2) is 11.5 Å². The van der Waals surface area contributed by atoms with Crippen LogP contribution in [-0.2, 0) is 0 Å². The zero-order valence-electron chi connectivity index (χ0n) is 12.9. The van der Waals surface area contributed by atoms with Gasteiger partial charge in [-0.1, -0.05) is 34.5 Å². The standard InChI is InChI=1S/C16H16N6S2/c17-21-19-13-5-3-7-15(11-13)23-9-1-2-10-24-16-8-4-6-14(12-16)20-22-18/h3-8,11-12H,1-2,9-10H2. The van der Waals surface area contributed by atoms with Gasteiger partial charge in [-0.05, 0) is 59.7 Å². The fourth-order valence-corrected chi connectivity index (χ4v) is 3.88. The monoisotopic (exact) mass is 356 g/mol. The third-order valence-corrected chi connectivity index (χ3v) is 5.19. The Labute approximate surface area is 148 Å². The first-order valence-corrected chi connectivity index (χ1v) is 9.35. The average molecular weight is 356 g/mol. The Bertz CT molecular complexity index is 701. The van der Waals surface area contributed by atoms with E-state index in [-0.39, 0.29) is 0 Å². The molecule has 0 spiro atoms. The van der Waals surface area contributed by atoms with Gasteiger partial charge in [0.1, 0.15) is 0 Å². The minimum absolute atomic E-state index is 0.651. The summed E-state index contributed by atoms with van der Waals surface area (Å²) in [6, 6.07) is 15.3. The van der Waals surface area contributed by atoms with Crippen molar-refractivity contribution in [1.82, 2.24) is 0 Å². The molecule has 0 amide bonds. The highest BCUT2D eigenvalue weighted by molar-refractivity contribution is 7.99. The van der Waals surface area contributed by atoms with Gasteiger partial charge in [0.05, 0.1) is 0 Å². The molecule has 24 heavy (non-hydrogen) atoms. The van der Waals surface area contributed by atoms with E-state index < -0.39 is 0 Å². The number of unbranched alkanes of at least 4 members (excludes halogenated alkanes) is 1. The first kappa shape index (κ1) is 18.1. The fourth-order valence-electron chi connectivity index (χ4n) is 1.96. The molecule has 0 unspecified atom stereocenters. The first-order valence-electron chi connectivity index (χ1n) is 7.38. The van der Waals surface area contributed by atoms with Gasteiger partial charge in [0, 0.05) is 31.0 Å². The lowest BCUT2D eigenvalue weighted by Gasteiger charge is -2.04. The van der Waals surface area contributed by atoms with E-state index in [9.17, 15) is 0 Å². The quantitative estimate of drug-likeness (QED) is 0.155. The van der Waals surface area contributed by atoms with Crippen LogP contribution in [0.15, 0.2) is 68.6 Å². The van der Waals surface area contributed by atoms with Gasteiger partial charge >= 0.3 is 0 Å². The summed E-state index contributed by atoms with van der Waals surface area (Å²) in [7, 11) is 0. The normalized spacial score (nSPS) is 9.83. The van der Waals surface area contributed by atoms with Gasteiger partial charge in [-0.25, -0.2) is 0 Å². The molecule has 0 saturated heterocycles. The average Bonchev–Trinajstić information content (AvgIpc) is 2.59. The molecular formula is C16H16N6S2. The molecule has 0 aliphatic carbocycles. The largest absolute Gasteiger partial charge is 0.126 e. The summed E-state index contributed by atoms with van der Waals surface area (Å²) in [5.41, 5.74) is 18.2. The second-order valence-electron chi connectivity index (χ2n) is 4.78. The third-order valence-electron chi connectivity index (χ3n) is 3.03. The van der Waals surface area contributed by atoms with Crippen molar-refractivity contribution < 1.29 is 0 Å². The predicted octanol–water partition coefficient (Wildman–Crippen LogP) is 7.23. The minimum atomic E-state index is 0.651. The Morgan fingerprint density at radius 1 is 0.750 bits per heavy atom. The molecule has 0 radical (unpaired) electrons. The van der Waals surface area contributed by atoms with E-state index >= 15 is 0 Å². The number of thioether (sulfide) groups is 2. The number of hydrogen-bond acceptors (Lipinski definition) is 4. The molecule has 0 atom stereocenters. The van der Waals surface area contributed by atoms with Gasteiger partial charge in [-0.15, -0.1) is 23.5 Å². The van der Waals surface area contributed by atoms with Crippen LogP contribution in [0.4, 0.5) is 11.4 Å². The molecule has 6 nitrogen and oxygen atoms in total. The maximum atomic E-state index is 8.45. The van der Waals surface area contributed by atoms with E-state index in [2.05, 4.69) is 20.1 Å². The number of benzene rings is 2. The summed E-state index contributed by atoms with van der Waals surface area (Å²) in [5, 5.41) is 7.23. The van der Waals surface area contributed by atoms with Crippen LogP contribution in [0.1, 0.15) is 12.8 Å². The molecule has 2 aromatic rings. The lowest BCUT2D eigenvalue weighted by molar-refractivity contribution is 0.907. The number of hydrogen-bond donors (Lipinski definition) is 0. The zero-order valence-corrected chi connectivity index (χ0v) is 14.6. The zero-order chi connectivity index (χ0) is 17.0. The summed E-state index contributed by atoms with van der Waals surface area (Å²) >= 11 is 3.54. The van der Waals surface area contributed by atoms with E-state index in [0.29, 0.717) is 11.4 Å². The molecule has 0 aromatic heterocycles. The van der Waals surface area contributed by atoms with Crippen molar-refractivity contribution in [3.05, 3.63) is 69.4 Å². The first-order chi connectivity index (χ1) is 11.8. The van der Waals surface area contributed by atoms with Crippen LogP contribution < -0.4 is 0 Å². The van der Waals surface area contributed by atoms with Crippen LogP contribution in [0.2, 0.25) is 0 Å². The number of azide groups is 2. The molecule has 2 rings (SSSR count). The molecule has 0 N–H and O–H groups in total. The Kier molecular flexibility index (Phi) is 7.93. The highest BCUT2D eigenvalue weighted by Crippen LogP contribution is 2.26. The van der Waals surface area contributed by atoms with Crippen molar-refractivity contribution in [1.29, 1.82) is 0 Å². The Morgan fingerprint density at radius 2 is 1.21 bits per heavy atom. The van der Waals surface area contributed by atoms with E-state index in [4.69, 9.17) is 11.1 Å².